The zero-order valence-electron chi connectivity index (χ0n) is 12.0. The number of rotatable bonds is 5. The van der Waals surface area contributed by atoms with E-state index in [1.54, 1.807) is 19.2 Å². The lowest BCUT2D eigenvalue weighted by molar-refractivity contribution is 0.273. The molecule has 0 saturated heterocycles. The van der Waals surface area contributed by atoms with Gasteiger partial charge in [-0.15, -0.1) is 0 Å². The highest BCUT2D eigenvalue weighted by molar-refractivity contribution is 5.39. The van der Waals surface area contributed by atoms with Crippen molar-refractivity contribution < 1.29 is 9.84 Å². The summed E-state index contributed by atoms with van der Waals surface area (Å²) in [5.41, 5.74) is 0.906. The standard InChI is InChI=1S/C16H25NO2/c1-12-4-3-5-13(8-12)10-17-11-14-9-15(19-2)6-7-16(14)18/h6-7,9,12-13,17-18H,3-5,8,10-11H2,1-2H3. The summed E-state index contributed by atoms with van der Waals surface area (Å²) in [5.74, 6) is 2.79. The van der Waals surface area contributed by atoms with E-state index in [2.05, 4.69) is 12.2 Å². The number of aromatic hydroxyl groups is 1. The molecule has 3 heteroatoms. The molecule has 2 atom stereocenters. The van der Waals surface area contributed by atoms with E-state index in [1.807, 2.05) is 6.07 Å². The van der Waals surface area contributed by atoms with Gasteiger partial charge >= 0.3 is 0 Å². The zero-order chi connectivity index (χ0) is 13.7. The maximum absolute atomic E-state index is 9.81. The minimum absolute atomic E-state index is 0.338. The molecule has 1 saturated carbocycles. The molecule has 3 nitrogen and oxygen atoms in total. The molecule has 1 aromatic carbocycles. The molecule has 0 aliphatic heterocycles. The SMILES string of the molecule is COc1ccc(O)c(CNCC2CCCC(C)C2)c1. The van der Waals surface area contributed by atoms with Gasteiger partial charge in [-0.3, -0.25) is 0 Å². The van der Waals surface area contributed by atoms with Gasteiger partial charge in [0.15, 0.2) is 0 Å². The second-order valence-electron chi connectivity index (χ2n) is 5.76. The van der Waals surface area contributed by atoms with E-state index < -0.39 is 0 Å². The van der Waals surface area contributed by atoms with Crippen molar-refractivity contribution in [3.63, 3.8) is 0 Å². The van der Waals surface area contributed by atoms with Crippen LogP contribution < -0.4 is 10.1 Å². The number of methoxy groups -OCH3 is 1. The van der Waals surface area contributed by atoms with Crippen LogP contribution in [0, 0.1) is 11.8 Å². The predicted octanol–water partition coefficient (Wildman–Crippen LogP) is 3.32. The van der Waals surface area contributed by atoms with Gasteiger partial charge < -0.3 is 15.2 Å². The van der Waals surface area contributed by atoms with Gasteiger partial charge in [0.25, 0.3) is 0 Å². The van der Waals surface area contributed by atoms with Gasteiger partial charge in [-0.1, -0.05) is 19.8 Å². The van der Waals surface area contributed by atoms with Crippen molar-refractivity contribution in [2.45, 2.75) is 39.2 Å². The summed E-state index contributed by atoms with van der Waals surface area (Å²) in [5, 5.41) is 13.3. The molecule has 0 aromatic heterocycles. The van der Waals surface area contributed by atoms with E-state index >= 15 is 0 Å². The molecule has 0 amide bonds. The lowest BCUT2D eigenvalue weighted by atomic mass is 9.82. The van der Waals surface area contributed by atoms with E-state index in [9.17, 15) is 5.11 Å². The molecule has 2 N–H and O–H groups in total. The van der Waals surface area contributed by atoms with Gasteiger partial charge in [-0.2, -0.15) is 0 Å². The van der Waals surface area contributed by atoms with Gasteiger partial charge in [0.1, 0.15) is 11.5 Å². The molecular weight excluding hydrogens is 238 g/mol. The van der Waals surface area contributed by atoms with Crippen LogP contribution in [0.2, 0.25) is 0 Å². The topological polar surface area (TPSA) is 41.5 Å². The van der Waals surface area contributed by atoms with Crippen LogP contribution in [-0.2, 0) is 6.54 Å². The third-order valence-corrected chi connectivity index (χ3v) is 4.08. The summed E-state index contributed by atoms with van der Waals surface area (Å²) in [4.78, 5) is 0. The zero-order valence-corrected chi connectivity index (χ0v) is 12.0. The van der Waals surface area contributed by atoms with Crippen LogP contribution in [0.25, 0.3) is 0 Å². The fraction of sp³-hybridized carbons (Fsp3) is 0.625. The molecule has 106 valence electrons. The normalized spacial score (nSPS) is 23.3. The first-order chi connectivity index (χ1) is 9.19. The summed E-state index contributed by atoms with van der Waals surface area (Å²) >= 11 is 0. The highest BCUT2D eigenvalue weighted by Gasteiger charge is 2.18. The van der Waals surface area contributed by atoms with Gasteiger partial charge in [0, 0.05) is 12.1 Å². The number of nitrogens with one attached hydrogen (secondary N) is 1. The Labute approximate surface area is 116 Å². The van der Waals surface area contributed by atoms with Crippen molar-refractivity contribution in [2.24, 2.45) is 11.8 Å². The number of phenolic OH excluding ortho intramolecular Hbond substituents is 1. The summed E-state index contributed by atoms with van der Waals surface area (Å²) in [6.45, 7) is 4.09. The maximum Gasteiger partial charge on any atom is 0.120 e. The smallest absolute Gasteiger partial charge is 0.120 e. The Bertz CT molecular complexity index is 406. The van der Waals surface area contributed by atoms with Crippen LogP contribution in [0.1, 0.15) is 38.2 Å². The van der Waals surface area contributed by atoms with Crippen LogP contribution in [0.5, 0.6) is 11.5 Å². The largest absolute Gasteiger partial charge is 0.508 e. The first-order valence-electron chi connectivity index (χ1n) is 7.25. The molecule has 0 radical (unpaired) electrons. The molecule has 19 heavy (non-hydrogen) atoms. The molecule has 0 heterocycles. The third kappa shape index (κ3) is 4.13. The van der Waals surface area contributed by atoms with Crippen LogP contribution >= 0.6 is 0 Å². The quantitative estimate of drug-likeness (QED) is 0.856. The number of benzene rings is 1. The van der Waals surface area contributed by atoms with E-state index in [0.29, 0.717) is 12.3 Å². The third-order valence-electron chi connectivity index (χ3n) is 4.08. The Balaban J connectivity index is 1.81. The molecule has 0 spiro atoms. The number of hydrogen-bond donors (Lipinski definition) is 2. The Morgan fingerprint density at radius 2 is 2.21 bits per heavy atom. The molecule has 2 unspecified atom stereocenters. The lowest BCUT2D eigenvalue weighted by Crippen LogP contribution is -2.26. The summed E-state index contributed by atoms with van der Waals surface area (Å²) in [7, 11) is 1.65. The number of ether oxygens (including phenoxy) is 1. The van der Waals surface area contributed by atoms with Gasteiger partial charge in [-0.05, 0) is 49.4 Å². The van der Waals surface area contributed by atoms with Crippen molar-refractivity contribution in [2.75, 3.05) is 13.7 Å². The van der Waals surface area contributed by atoms with Crippen molar-refractivity contribution in [1.29, 1.82) is 0 Å². The fourth-order valence-corrected chi connectivity index (χ4v) is 2.99. The second-order valence-corrected chi connectivity index (χ2v) is 5.76. The first-order valence-corrected chi connectivity index (χ1v) is 7.25. The van der Waals surface area contributed by atoms with E-state index in [4.69, 9.17) is 4.74 Å². The molecule has 0 bridgehead atoms. The Kier molecular flexibility index (Phi) is 5.08. The van der Waals surface area contributed by atoms with Crippen molar-refractivity contribution in [3.05, 3.63) is 23.8 Å². The molecule has 1 fully saturated rings. The van der Waals surface area contributed by atoms with Crippen molar-refractivity contribution in [3.8, 4) is 11.5 Å². The average molecular weight is 263 g/mol. The average Bonchev–Trinajstić information content (AvgIpc) is 2.41. The van der Waals surface area contributed by atoms with E-state index in [1.165, 1.54) is 25.7 Å². The van der Waals surface area contributed by atoms with Gasteiger partial charge in [0.05, 0.1) is 7.11 Å². The lowest BCUT2D eigenvalue weighted by Gasteiger charge is -2.26. The Morgan fingerprint density at radius 3 is 2.95 bits per heavy atom. The summed E-state index contributed by atoms with van der Waals surface area (Å²) in [6, 6.07) is 5.37. The first kappa shape index (κ1) is 14.2. The van der Waals surface area contributed by atoms with Crippen LogP contribution in [-0.4, -0.2) is 18.8 Å². The van der Waals surface area contributed by atoms with Crippen LogP contribution in [0.3, 0.4) is 0 Å². The molecule has 2 rings (SSSR count). The number of phenols is 1. The monoisotopic (exact) mass is 263 g/mol. The molecular formula is C16H25NO2. The van der Waals surface area contributed by atoms with Gasteiger partial charge in [0.2, 0.25) is 0 Å². The molecule has 1 aliphatic carbocycles. The molecule has 1 aliphatic rings. The minimum Gasteiger partial charge on any atom is -0.508 e. The second kappa shape index (κ2) is 6.80. The predicted molar refractivity (Wildman–Crippen MR) is 77.5 cm³/mol. The summed E-state index contributed by atoms with van der Waals surface area (Å²) < 4.78 is 5.18. The van der Waals surface area contributed by atoms with Gasteiger partial charge in [-0.25, -0.2) is 0 Å². The van der Waals surface area contributed by atoms with E-state index in [-0.39, 0.29) is 0 Å². The maximum atomic E-state index is 9.81. The highest BCUT2D eigenvalue weighted by atomic mass is 16.5. The summed E-state index contributed by atoms with van der Waals surface area (Å²) in [6.07, 6.45) is 5.41. The fourth-order valence-electron chi connectivity index (χ4n) is 2.99. The van der Waals surface area contributed by atoms with Crippen molar-refractivity contribution in [1.82, 2.24) is 5.32 Å². The molecule has 1 aromatic rings. The van der Waals surface area contributed by atoms with Crippen LogP contribution in [0.15, 0.2) is 18.2 Å². The van der Waals surface area contributed by atoms with Crippen molar-refractivity contribution >= 4 is 0 Å². The Morgan fingerprint density at radius 1 is 1.37 bits per heavy atom. The van der Waals surface area contributed by atoms with E-state index in [0.717, 1.165) is 29.7 Å². The highest BCUT2D eigenvalue weighted by Crippen LogP contribution is 2.28. The Hall–Kier alpha value is -1.22. The number of hydrogen-bond acceptors (Lipinski definition) is 3. The minimum atomic E-state index is 0.338. The van der Waals surface area contributed by atoms with Crippen LogP contribution in [0.4, 0.5) is 0 Å².